The molecule has 1 heterocycles. The number of hydrogen-bond acceptors (Lipinski definition) is 3. The van der Waals surface area contributed by atoms with Crippen LogP contribution in [0.5, 0.6) is 0 Å². The van der Waals surface area contributed by atoms with Crippen LogP contribution in [-0.2, 0) is 9.59 Å². The molecule has 0 unspecified atom stereocenters. The Hall–Kier alpha value is -1.59. The van der Waals surface area contributed by atoms with Gasteiger partial charge in [-0.2, -0.15) is 0 Å². The highest BCUT2D eigenvalue weighted by atomic mass is 16.2. The molecule has 2 saturated carbocycles. The van der Waals surface area contributed by atoms with Gasteiger partial charge in [0.25, 0.3) is 5.91 Å². The van der Waals surface area contributed by atoms with Crippen molar-refractivity contribution in [1.29, 1.82) is 0 Å². The fraction of sp³-hybridized carbons (Fsp3) is 0.833. The van der Waals surface area contributed by atoms with E-state index in [1.807, 2.05) is 6.92 Å². The maximum atomic E-state index is 12.9. The average Bonchev–Trinajstić information content (AvgIpc) is 2.78. The van der Waals surface area contributed by atoms with E-state index in [1.54, 1.807) is 0 Å². The summed E-state index contributed by atoms with van der Waals surface area (Å²) < 4.78 is 0. The first kappa shape index (κ1) is 17.2. The molecule has 134 valence electrons. The van der Waals surface area contributed by atoms with Gasteiger partial charge in [0.05, 0.1) is 0 Å². The van der Waals surface area contributed by atoms with E-state index in [2.05, 4.69) is 17.6 Å². The third-order valence-electron chi connectivity index (χ3n) is 6.26. The summed E-state index contributed by atoms with van der Waals surface area (Å²) in [6.45, 7) is 4.00. The first-order chi connectivity index (χ1) is 11.4. The van der Waals surface area contributed by atoms with E-state index in [9.17, 15) is 14.4 Å². The molecule has 3 rings (SSSR count). The van der Waals surface area contributed by atoms with Crippen molar-refractivity contribution < 1.29 is 14.4 Å². The van der Waals surface area contributed by atoms with E-state index >= 15 is 0 Å². The van der Waals surface area contributed by atoms with Gasteiger partial charge in [-0.05, 0) is 37.5 Å². The molecule has 0 aromatic heterocycles. The van der Waals surface area contributed by atoms with E-state index < -0.39 is 11.6 Å². The minimum atomic E-state index is -0.784. The highest BCUT2D eigenvalue weighted by molar-refractivity contribution is 6.09. The molecule has 0 aromatic carbocycles. The van der Waals surface area contributed by atoms with Crippen molar-refractivity contribution in [2.75, 3.05) is 6.54 Å². The van der Waals surface area contributed by atoms with Gasteiger partial charge in [0, 0.05) is 6.04 Å². The number of imide groups is 1. The van der Waals surface area contributed by atoms with Gasteiger partial charge in [0.15, 0.2) is 0 Å². The Bertz CT molecular complexity index is 536. The van der Waals surface area contributed by atoms with Gasteiger partial charge in [-0.3, -0.25) is 14.5 Å². The minimum Gasteiger partial charge on any atom is -0.352 e. The largest absolute Gasteiger partial charge is 0.352 e. The molecule has 4 amide bonds. The van der Waals surface area contributed by atoms with Crippen LogP contribution < -0.4 is 10.6 Å². The molecule has 24 heavy (non-hydrogen) atoms. The lowest BCUT2D eigenvalue weighted by molar-refractivity contribution is -0.137. The van der Waals surface area contributed by atoms with Crippen LogP contribution >= 0.6 is 0 Å². The molecule has 6 nitrogen and oxygen atoms in total. The summed E-state index contributed by atoms with van der Waals surface area (Å²) in [5.74, 6) is 0.133. The molecule has 3 aliphatic rings. The Morgan fingerprint density at radius 3 is 2.58 bits per heavy atom. The lowest BCUT2D eigenvalue weighted by Gasteiger charge is -2.36. The van der Waals surface area contributed by atoms with Crippen molar-refractivity contribution in [2.24, 2.45) is 11.8 Å². The zero-order chi connectivity index (χ0) is 17.3. The molecule has 0 radical (unpaired) electrons. The number of carbonyl (C=O) groups excluding carboxylic acids is 3. The van der Waals surface area contributed by atoms with Crippen LogP contribution in [0.25, 0.3) is 0 Å². The smallest absolute Gasteiger partial charge is 0.325 e. The fourth-order valence-electron chi connectivity index (χ4n) is 4.57. The molecule has 2 N–H and O–H groups in total. The van der Waals surface area contributed by atoms with E-state index in [-0.39, 0.29) is 30.3 Å². The second kappa shape index (κ2) is 6.73. The predicted octanol–water partition coefficient (Wildman–Crippen LogP) is 2.18. The Labute approximate surface area is 143 Å². The zero-order valence-corrected chi connectivity index (χ0v) is 14.8. The summed E-state index contributed by atoms with van der Waals surface area (Å²) >= 11 is 0. The number of nitrogens with one attached hydrogen (secondary N) is 2. The van der Waals surface area contributed by atoms with Crippen LogP contribution in [0, 0.1) is 11.8 Å². The SMILES string of the molecule is C[C@@H]1CCCC[C@@H]1NC(=O)CN1C(=O)N[C@]2(CCCC[C@@H]2C)C1=O. The molecular weight excluding hydrogens is 306 g/mol. The van der Waals surface area contributed by atoms with Crippen molar-refractivity contribution in [2.45, 2.75) is 76.8 Å². The van der Waals surface area contributed by atoms with Crippen LogP contribution in [0.1, 0.15) is 65.2 Å². The van der Waals surface area contributed by atoms with Crippen molar-refractivity contribution in [1.82, 2.24) is 15.5 Å². The third-order valence-corrected chi connectivity index (χ3v) is 6.26. The molecule has 3 fully saturated rings. The van der Waals surface area contributed by atoms with Crippen LogP contribution in [0.15, 0.2) is 0 Å². The number of carbonyl (C=O) groups is 3. The first-order valence-corrected chi connectivity index (χ1v) is 9.37. The molecule has 1 saturated heterocycles. The number of hydrogen-bond donors (Lipinski definition) is 2. The van der Waals surface area contributed by atoms with E-state index in [1.165, 1.54) is 6.42 Å². The second-order valence-corrected chi connectivity index (χ2v) is 7.88. The van der Waals surface area contributed by atoms with E-state index in [0.29, 0.717) is 12.3 Å². The van der Waals surface area contributed by atoms with Crippen molar-refractivity contribution in [3.63, 3.8) is 0 Å². The normalized spacial score (nSPS) is 36.8. The van der Waals surface area contributed by atoms with Crippen LogP contribution in [0.3, 0.4) is 0 Å². The van der Waals surface area contributed by atoms with Crippen LogP contribution in [0.2, 0.25) is 0 Å². The zero-order valence-electron chi connectivity index (χ0n) is 14.8. The first-order valence-electron chi connectivity index (χ1n) is 9.37. The highest BCUT2D eigenvalue weighted by Crippen LogP contribution is 2.38. The molecule has 1 aliphatic heterocycles. The molecule has 6 heteroatoms. The summed E-state index contributed by atoms with van der Waals surface area (Å²) in [5, 5.41) is 5.92. The highest BCUT2D eigenvalue weighted by Gasteiger charge is 2.55. The van der Waals surface area contributed by atoms with Crippen molar-refractivity contribution in [3.05, 3.63) is 0 Å². The summed E-state index contributed by atoms with van der Waals surface area (Å²) in [6.07, 6.45) is 8.08. The maximum absolute atomic E-state index is 12.9. The maximum Gasteiger partial charge on any atom is 0.325 e. The van der Waals surface area contributed by atoms with E-state index in [4.69, 9.17) is 0 Å². The van der Waals surface area contributed by atoms with Gasteiger partial charge < -0.3 is 10.6 Å². The van der Waals surface area contributed by atoms with Crippen molar-refractivity contribution in [3.8, 4) is 0 Å². The minimum absolute atomic E-state index is 0.120. The second-order valence-electron chi connectivity index (χ2n) is 7.88. The predicted molar refractivity (Wildman–Crippen MR) is 90.2 cm³/mol. The molecule has 1 spiro atoms. The molecule has 2 aliphatic carbocycles. The number of nitrogens with zero attached hydrogens (tertiary/aromatic N) is 1. The van der Waals surface area contributed by atoms with Crippen LogP contribution in [-0.4, -0.2) is 40.9 Å². The summed E-state index contributed by atoms with van der Waals surface area (Å²) in [5.41, 5.74) is -0.784. The lowest BCUT2D eigenvalue weighted by atomic mass is 9.73. The standard InChI is InChI=1S/C18H29N3O3/c1-12-7-3-4-9-14(12)19-15(22)11-21-16(23)18(20-17(21)24)10-6-5-8-13(18)2/h12-14H,3-11H2,1-2H3,(H,19,22)(H,20,24)/t12-,13+,14+,18+/m1/s1. The molecular formula is C18H29N3O3. The topological polar surface area (TPSA) is 78.5 Å². The van der Waals surface area contributed by atoms with Gasteiger partial charge in [0.2, 0.25) is 5.91 Å². The number of urea groups is 1. The van der Waals surface area contributed by atoms with Gasteiger partial charge in [-0.1, -0.05) is 39.5 Å². The Kier molecular flexibility index (Phi) is 4.83. The third kappa shape index (κ3) is 3.03. The molecule has 0 bridgehead atoms. The summed E-state index contributed by atoms with van der Waals surface area (Å²) in [7, 11) is 0. The lowest BCUT2D eigenvalue weighted by Crippen LogP contribution is -2.54. The van der Waals surface area contributed by atoms with Gasteiger partial charge >= 0.3 is 6.03 Å². The molecule has 0 aromatic rings. The Morgan fingerprint density at radius 1 is 1.17 bits per heavy atom. The quantitative estimate of drug-likeness (QED) is 0.776. The Morgan fingerprint density at radius 2 is 1.88 bits per heavy atom. The van der Waals surface area contributed by atoms with Gasteiger partial charge in [0.1, 0.15) is 12.1 Å². The fourth-order valence-corrected chi connectivity index (χ4v) is 4.57. The van der Waals surface area contributed by atoms with Crippen LogP contribution in [0.4, 0.5) is 4.79 Å². The number of rotatable bonds is 3. The van der Waals surface area contributed by atoms with Gasteiger partial charge in [-0.15, -0.1) is 0 Å². The van der Waals surface area contributed by atoms with Crippen molar-refractivity contribution >= 4 is 17.8 Å². The summed E-state index contributed by atoms with van der Waals surface area (Å²) in [4.78, 5) is 38.7. The molecule has 4 atom stereocenters. The average molecular weight is 335 g/mol. The summed E-state index contributed by atoms with van der Waals surface area (Å²) in [6, 6.07) is -0.254. The van der Waals surface area contributed by atoms with E-state index in [0.717, 1.165) is 43.4 Å². The monoisotopic (exact) mass is 335 g/mol. The Balaban J connectivity index is 1.63. The number of amides is 4. The van der Waals surface area contributed by atoms with Gasteiger partial charge in [-0.25, -0.2) is 4.79 Å².